The topological polar surface area (TPSA) is 83.6 Å². The molecule has 5 nitrogen and oxygen atoms in total. The van der Waals surface area contributed by atoms with Crippen LogP contribution in [0.15, 0.2) is 22.7 Å². The highest BCUT2D eigenvalue weighted by atomic mass is 79.9. The Balaban J connectivity index is 2.26. The van der Waals surface area contributed by atoms with Gasteiger partial charge in [0.2, 0.25) is 0 Å². The van der Waals surface area contributed by atoms with Crippen molar-refractivity contribution in [2.75, 3.05) is 23.8 Å². The third-order valence-corrected chi connectivity index (χ3v) is 4.63. The van der Waals surface area contributed by atoms with Gasteiger partial charge in [0.1, 0.15) is 6.04 Å². The van der Waals surface area contributed by atoms with Crippen molar-refractivity contribution in [3.05, 3.63) is 28.2 Å². The second kappa shape index (κ2) is 5.83. The molecular weight excluding hydrogens is 332 g/mol. The van der Waals surface area contributed by atoms with E-state index in [1.54, 1.807) is 30.0 Å². The highest BCUT2D eigenvalue weighted by Gasteiger charge is 2.32. The molecule has 2 rings (SSSR count). The summed E-state index contributed by atoms with van der Waals surface area (Å²) < 4.78 is 0.636. The summed E-state index contributed by atoms with van der Waals surface area (Å²) in [6.07, 6.45) is 0. The van der Waals surface area contributed by atoms with Gasteiger partial charge in [-0.05, 0) is 34.1 Å². The number of anilines is 1. The molecule has 0 spiro atoms. The number of benzene rings is 1. The minimum atomic E-state index is -0.963. The summed E-state index contributed by atoms with van der Waals surface area (Å²) in [6, 6.07) is 4.11. The van der Waals surface area contributed by atoms with Crippen molar-refractivity contribution in [3.63, 3.8) is 0 Å². The summed E-state index contributed by atoms with van der Waals surface area (Å²) in [5.41, 5.74) is 6.66. The molecule has 1 unspecified atom stereocenters. The van der Waals surface area contributed by atoms with E-state index in [2.05, 4.69) is 15.9 Å². The Morgan fingerprint density at radius 1 is 1.47 bits per heavy atom. The van der Waals surface area contributed by atoms with Crippen molar-refractivity contribution in [3.8, 4) is 0 Å². The zero-order valence-electron chi connectivity index (χ0n) is 10.0. The quantitative estimate of drug-likeness (QED) is 0.797. The van der Waals surface area contributed by atoms with Crippen LogP contribution < -0.4 is 5.73 Å². The summed E-state index contributed by atoms with van der Waals surface area (Å²) in [5.74, 6) is -0.0495. The lowest BCUT2D eigenvalue weighted by molar-refractivity contribution is -0.141. The lowest BCUT2D eigenvalue weighted by Gasteiger charge is -2.32. The van der Waals surface area contributed by atoms with Gasteiger partial charge in [-0.15, -0.1) is 0 Å². The number of hydrogen-bond donors (Lipinski definition) is 2. The highest BCUT2D eigenvalue weighted by molar-refractivity contribution is 9.10. The van der Waals surface area contributed by atoms with Crippen LogP contribution in [-0.4, -0.2) is 46.0 Å². The summed E-state index contributed by atoms with van der Waals surface area (Å²) in [5, 5.41) is 9.17. The van der Waals surface area contributed by atoms with Gasteiger partial charge in [0.25, 0.3) is 5.91 Å². The molecule has 102 valence electrons. The maximum atomic E-state index is 12.4. The van der Waals surface area contributed by atoms with Gasteiger partial charge in [-0.25, -0.2) is 4.79 Å². The van der Waals surface area contributed by atoms with Crippen LogP contribution in [0.1, 0.15) is 10.4 Å². The number of carbonyl (C=O) groups excluding carboxylic acids is 1. The minimum Gasteiger partial charge on any atom is -0.480 e. The van der Waals surface area contributed by atoms with E-state index in [0.717, 1.165) is 5.75 Å². The van der Waals surface area contributed by atoms with Gasteiger partial charge in [-0.1, -0.05) is 0 Å². The normalized spacial score (nSPS) is 19.2. The van der Waals surface area contributed by atoms with E-state index in [4.69, 9.17) is 10.8 Å². The minimum absolute atomic E-state index is 0.270. The van der Waals surface area contributed by atoms with Gasteiger partial charge in [-0.2, -0.15) is 11.8 Å². The van der Waals surface area contributed by atoms with Gasteiger partial charge in [0.05, 0.1) is 0 Å². The molecular formula is C12H13BrN2O3S. The first-order valence-corrected chi connectivity index (χ1v) is 7.62. The van der Waals surface area contributed by atoms with Crippen molar-refractivity contribution < 1.29 is 14.7 Å². The predicted octanol–water partition coefficient (Wildman–Crippen LogP) is 1.67. The summed E-state index contributed by atoms with van der Waals surface area (Å²) in [6.45, 7) is 0.447. The van der Waals surface area contributed by atoms with Crippen molar-refractivity contribution in [1.29, 1.82) is 0 Å². The number of nitrogens with zero attached hydrogens (tertiary/aromatic N) is 1. The predicted molar refractivity (Wildman–Crippen MR) is 78.3 cm³/mol. The molecule has 0 saturated carbocycles. The van der Waals surface area contributed by atoms with E-state index in [-0.39, 0.29) is 5.91 Å². The number of carbonyl (C=O) groups is 2. The SMILES string of the molecule is Nc1ccc(C(=O)N2CCSCC2C(=O)O)cc1Br. The smallest absolute Gasteiger partial charge is 0.327 e. The Hall–Kier alpha value is -1.21. The maximum Gasteiger partial charge on any atom is 0.327 e. The van der Waals surface area contributed by atoms with Crippen LogP contribution in [-0.2, 0) is 4.79 Å². The van der Waals surface area contributed by atoms with Crippen LogP contribution in [0.3, 0.4) is 0 Å². The average Bonchev–Trinajstić information content (AvgIpc) is 2.41. The third-order valence-electron chi connectivity index (χ3n) is 2.92. The van der Waals surface area contributed by atoms with Crippen LogP contribution in [0, 0.1) is 0 Å². The van der Waals surface area contributed by atoms with Gasteiger partial charge in [0.15, 0.2) is 0 Å². The Bertz CT molecular complexity index is 524. The monoisotopic (exact) mass is 344 g/mol. The zero-order valence-corrected chi connectivity index (χ0v) is 12.4. The molecule has 0 radical (unpaired) electrons. The lowest BCUT2D eigenvalue weighted by Crippen LogP contribution is -2.50. The van der Waals surface area contributed by atoms with Crippen LogP contribution in [0.4, 0.5) is 5.69 Å². The number of nitrogens with two attached hydrogens (primary N) is 1. The van der Waals surface area contributed by atoms with E-state index in [1.807, 2.05) is 0 Å². The van der Waals surface area contributed by atoms with Crippen LogP contribution in [0.25, 0.3) is 0 Å². The number of thioether (sulfide) groups is 1. The molecule has 1 saturated heterocycles. The van der Waals surface area contributed by atoms with E-state index in [0.29, 0.717) is 28.0 Å². The molecule has 1 fully saturated rings. The average molecular weight is 345 g/mol. The number of amides is 1. The fraction of sp³-hybridized carbons (Fsp3) is 0.333. The van der Waals surface area contributed by atoms with Crippen molar-refractivity contribution in [1.82, 2.24) is 4.90 Å². The Morgan fingerprint density at radius 2 is 2.21 bits per heavy atom. The molecule has 1 heterocycles. The summed E-state index contributed by atoms with van der Waals surface area (Å²) >= 11 is 4.82. The number of hydrogen-bond acceptors (Lipinski definition) is 4. The van der Waals surface area contributed by atoms with Gasteiger partial charge in [0, 0.05) is 33.8 Å². The van der Waals surface area contributed by atoms with Crippen molar-refractivity contribution in [2.24, 2.45) is 0 Å². The molecule has 0 bridgehead atoms. The number of aliphatic carboxylic acids is 1. The van der Waals surface area contributed by atoms with Crippen LogP contribution in [0.2, 0.25) is 0 Å². The summed E-state index contributed by atoms with van der Waals surface area (Å²) in [4.78, 5) is 25.0. The number of carboxylic acids is 1. The lowest BCUT2D eigenvalue weighted by atomic mass is 10.1. The van der Waals surface area contributed by atoms with Crippen LogP contribution in [0.5, 0.6) is 0 Å². The van der Waals surface area contributed by atoms with E-state index >= 15 is 0 Å². The van der Waals surface area contributed by atoms with E-state index in [9.17, 15) is 9.59 Å². The third kappa shape index (κ3) is 3.03. The number of carboxylic acid groups (broad SMARTS) is 1. The van der Waals surface area contributed by atoms with Crippen molar-refractivity contribution in [2.45, 2.75) is 6.04 Å². The fourth-order valence-electron chi connectivity index (χ4n) is 1.88. The van der Waals surface area contributed by atoms with Crippen LogP contribution >= 0.6 is 27.7 Å². The molecule has 19 heavy (non-hydrogen) atoms. The molecule has 0 aliphatic carbocycles. The Kier molecular flexibility index (Phi) is 4.36. The van der Waals surface area contributed by atoms with Gasteiger partial charge in [-0.3, -0.25) is 4.79 Å². The first kappa shape index (κ1) is 14.2. The standard InChI is InChI=1S/C12H13BrN2O3S/c13-8-5-7(1-2-9(8)14)11(16)15-3-4-19-6-10(15)12(17)18/h1-2,5,10H,3-4,6,14H2,(H,17,18). The molecule has 3 N–H and O–H groups in total. The molecule has 7 heteroatoms. The first-order valence-electron chi connectivity index (χ1n) is 5.67. The molecule has 1 atom stereocenters. The second-order valence-corrected chi connectivity index (χ2v) is 6.17. The molecule has 1 aliphatic heterocycles. The fourth-order valence-corrected chi connectivity index (χ4v) is 3.29. The largest absolute Gasteiger partial charge is 0.480 e. The molecule has 1 aromatic rings. The number of rotatable bonds is 2. The van der Waals surface area contributed by atoms with E-state index in [1.165, 1.54) is 4.90 Å². The number of nitrogen functional groups attached to an aromatic ring is 1. The molecule has 1 amide bonds. The highest BCUT2D eigenvalue weighted by Crippen LogP contribution is 2.24. The first-order chi connectivity index (χ1) is 9.00. The van der Waals surface area contributed by atoms with Gasteiger partial charge >= 0.3 is 5.97 Å². The Labute approximate surface area is 123 Å². The maximum absolute atomic E-state index is 12.4. The Morgan fingerprint density at radius 3 is 2.84 bits per heavy atom. The molecule has 1 aliphatic rings. The summed E-state index contributed by atoms with van der Waals surface area (Å²) in [7, 11) is 0. The zero-order chi connectivity index (χ0) is 14.0. The number of halogens is 1. The van der Waals surface area contributed by atoms with E-state index < -0.39 is 12.0 Å². The van der Waals surface area contributed by atoms with Crippen molar-refractivity contribution >= 4 is 45.3 Å². The second-order valence-electron chi connectivity index (χ2n) is 4.16. The van der Waals surface area contributed by atoms with Gasteiger partial charge < -0.3 is 15.7 Å². The molecule has 0 aromatic heterocycles. The molecule has 1 aromatic carbocycles.